The lowest BCUT2D eigenvalue weighted by molar-refractivity contribution is -0.386. The third kappa shape index (κ3) is 3.53. The fourth-order valence-electron chi connectivity index (χ4n) is 2.33. The summed E-state index contributed by atoms with van der Waals surface area (Å²) in [6.07, 6.45) is 2.13. The van der Waals surface area contributed by atoms with Crippen molar-refractivity contribution in [1.82, 2.24) is 15.1 Å². The summed E-state index contributed by atoms with van der Waals surface area (Å²) in [6, 6.07) is 0.212. The quantitative estimate of drug-likeness (QED) is 0.607. The van der Waals surface area contributed by atoms with Gasteiger partial charge in [-0.15, -0.1) is 0 Å². The van der Waals surface area contributed by atoms with Crippen LogP contribution in [-0.2, 0) is 19.9 Å². The Balaban J connectivity index is 3.15. The van der Waals surface area contributed by atoms with E-state index in [1.54, 1.807) is 11.7 Å². The van der Waals surface area contributed by atoms with Gasteiger partial charge in [0.25, 0.3) is 0 Å². The summed E-state index contributed by atoms with van der Waals surface area (Å²) in [4.78, 5) is 11.0. The lowest BCUT2D eigenvalue weighted by Gasteiger charge is -2.19. The predicted octanol–water partition coefficient (Wildman–Crippen LogP) is 2.07. The molecule has 0 bridgehead atoms. The van der Waals surface area contributed by atoms with Gasteiger partial charge in [0.15, 0.2) is 0 Å². The number of nitrogens with zero attached hydrogens (tertiary/aromatic N) is 3. The molecule has 0 spiro atoms. The van der Waals surface area contributed by atoms with Crippen LogP contribution in [0.2, 0.25) is 0 Å². The molecule has 1 N–H and O–H groups in total. The van der Waals surface area contributed by atoms with E-state index in [9.17, 15) is 10.1 Å². The highest BCUT2D eigenvalue weighted by atomic mass is 16.6. The summed E-state index contributed by atoms with van der Waals surface area (Å²) >= 11 is 0. The third-order valence-electron chi connectivity index (χ3n) is 3.47. The molecule has 6 nitrogen and oxygen atoms in total. The summed E-state index contributed by atoms with van der Waals surface area (Å²) in [5.41, 5.74) is 1.51. The second-order valence-electron chi connectivity index (χ2n) is 5.22. The van der Waals surface area contributed by atoms with Gasteiger partial charge in [-0.25, -0.2) is 0 Å². The van der Waals surface area contributed by atoms with Crippen LogP contribution in [0.15, 0.2) is 0 Å². The maximum Gasteiger partial charge on any atom is 0.313 e. The topological polar surface area (TPSA) is 73.0 Å². The van der Waals surface area contributed by atoms with Crippen molar-refractivity contribution in [3.05, 3.63) is 21.5 Å². The molecule has 6 heteroatoms. The number of nitrogens with one attached hydrogen (secondary N) is 1. The molecule has 0 aliphatic carbocycles. The van der Waals surface area contributed by atoms with Crippen molar-refractivity contribution < 1.29 is 4.92 Å². The molecule has 0 amide bonds. The molecule has 108 valence electrons. The number of rotatable bonds is 7. The molecule has 0 saturated heterocycles. The largest absolute Gasteiger partial charge is 0.316 e. The third-order valence-corrected chi connectivity index (χ3v) is 3.47. The van der Waals surface area contributed by atoms with E-state index in [0.29, 0.717) is 30.1 Å². The standard InChI is InChI=1S/C13H24N4O2/c1-6-7-10-13(17(18)19)12(16(5)15-10)8-11(14-4)9(2)3/h9,11,14H,6-8H2,1-5H3. The van der Waals surface area contributed by atoms with Crippen LogP contribution in [0.5, 0.6) is 0 Å². The Kier molecular flexibility index (Phi) is 5.47. The van der Waals surface area contributed by atoms with Gasteiger partial charge in [-0.2, -0.15) is 5.10 Å². The normalized spacial score (nSPS) is 12.9. The maximum absolute atomic E-state index is 11.3. The average Bonchev–Trinajstić information content (AvgIpc) is 2.62. The van der Waals surface area contributed by atoms with E-state index >= 15 is 0 Å². The van der Waals surface area contributed by atoms with E-state index in [-0.39, 0.29) is 16.7 Å². The molecule has 1 unspecified atom stereocenters. The summed E-state index contributed by atoms with van der Waals surface area (Å²) < 4.78 is 1.66. The van der Waals surface area contributed by atoms with Crippen LogP contribution in [0.4, 0.5) is 5.69 Å². The minimum Gasteiger partial charge on any atom is -0.316 e. The van der Waals surface area contributed by atoms with Crippen molar-refractivity contribution in [1.29, 1.82) is 0 Å². The van der Waals surface area contributed by atoms with Gasteiger partial charge in [-0.3, -0.25) is 14.8 Å². The number of aryl methyl sites for hydroxylation is 2. The first-order valence-corrected chi connectivity index (χ1v) is 6.78. The Morgan fingerprint density at radius 2 is 2.11 bits per heavy atom. The first-order chi connectivity index (χ1) is 8.92. The van der Waals surface area contributed by atoms with Crippen LogP contribution < -0.4 is 5.32 Å². The molecule has 1 atom stereocenters. The van der Waals surface area contributed by atoms with Crippen LogP contribution in [0, 0.1) is 16.0 Å². The second kappa shape index (κ2) is 6.65. The summed E-state index contributed by atoms with van der Waals surface area (Å²) in [5, 5.41) is 18.8. The molecule has 1 rings (SSSR count). The van der Waals surface area contributed by atoms with Gasteiger partial charge in [-0.05, 0) is 19.4 Å². The zero-order valence-electron chi connectivity index (χ0n) is 12.4. The number of hydrogen-bond acceptors (Lipinski definition) is 4. The van der Waals surface area contributed by atoms with Crippen molar-refractivity contribution in [3.8, 4) is 0 Å². The molecule has 0 aliphatic rings. The smallest absolute Gasteiger partial charge is 0.313 e. The minimum absolute atomic E-state index is 0.199. The molecule has 1 aromatic rings. The van der Waals surface area contributed by atoms with Crippen LogP contribution in [0.1, 0.15) is 38.6 Å². The van der Waals surface area contributed by atoms with E-state index in [4.69, 9.17) is 0 Å². The first-order valence-electron chi connectivity index (χ1n) is 6.78. The fraction of sp³-hybridized carbons (Fsp3) is 0.769. The predicted molar refractivity (Wildman–Crippen MR) is 75.2 cm³/mol. The molecule has 0 saturated carbocycles. The zero-order chi connectivity index (χ0) is 14.6. The summed E-state index contributed by atoms with van der Waals surface area (Å²) in [6.45, 7) is 6.22. The number of aromatic nitrogens is 2. The molecule has 19 heavy (non-hydrogen) atoms. The van der Waals surface area contributed by atoms with Crippen LogP contribution in [-0.4, -0.2) is 27.8 Å². The highest BCUT2D eigenvalue weighted by Crippen LogP contribution is 2.26. The van der Waals surface area contributed by atoms with Gasteiger partial charge in [0.2, 0.25) is 0 Å². The monoisotopic (exact) mass is 268 g/mol. The first kappa shape index (κ1) is 15.6. The van der Waals surface area contributed by atoms with Crippen LogP contribution in [0.25, 0.3) is 0 Å². The van der Waals surface area contributed by atoms with E-state index in [2.05, 4.69) is 24.3 Å². The summed E-state index contributed by atoms with van der Waals surface area (Å²) in [7, 11) is 3.67. The Hall–Kier alpha value is -1.43. The average molecular weight is 268 g/mol. The highest BCUT2D eigenvalue weighted by Gasteiger charge is 2.28. The molecule has 0 aromatic carbocycles. The molecule has 1 heterocycles. The Bertz CT molecular complexity index is 440. The number of hydrogen-bond donors (Lipinski definition) is 1. The van der Waals surface area contributed by atoms with Crippen molar-refractivity contribution in [3.63, 3.8) is 0 Å². The van der Waals surface area contributed by atoms with Crippen molar-refractivity contribution in [2.75, 3.05) is 7.05 Å². The van der Waals surface area contributed by atoms with E-state index in [0.717, 1.165) is 6.42 Å². The highest BCUT2D eigenvalue weighted by molar-refractivity contribution is 5.42. The molecule has 0 aliphatic heterocycles. The van der Waals surface area contributed by atoms with E-state index in [1.807, 2.05) is 14.0 Å². The lowest BCUT2D eigenvalue weighted by Crippen LogP contribution is -2.33. The van der Waals surface area contributed by atoms with Crippen LogP contribution in [0.3, 0.4) is 0 Å². The zero-order valence-corrected chi connectivity index (χ0v) is 12.4. The van der Waals surface area contributed by atoms with Crippen molar-refractivity contribution in [2.45, 2.75) is 46.1 Å². The van der Waals surface area contributed by atoms with Crippen molar-refractivity contribution in [2.24, 2.45) is 13.0 Å². The molecule has 0 fully saturated rings. The van der Waals surface area contributed by atoms with Crippen molar-refractivity contribution >= 4 is 5.69 Å². The molecule has 0 radical (unpaired) electrons. The van der Waals surface area contributed by atoms with E-state index < -0.39 is 0 Å². The number of nitro groups is 1. The second-order valence-corrected chi connectivity index (χ2v) is 5.22. The van der Waals surface area contributed by atoms with Gasteiger partial charge < -0.3 is 5.32 Å². The van der Waals surface area contributed by atoms with Gasteiger partial charge >= 0.3 is 5.69 Å². The maximum atomic E-state index is 11.3. The van der Waals surface area contributed by atoms with Gasteiger partial charge in [0.1, 0.15) is 11.4 Å². The lowest BCUT2D eigenvalue weighted by atomic mass is 9.98. The van der Waals surface area contributed by atoms with Gasteiger partial charge in [0.05, 0.1) is 4.92 Å². The summed E-state index contributed by atoms with van der Waals surface area (Å²) in [5.74, 6) is 0.411. The number of likely N-dealkylation sites (N-methyl/N-ethyl adjacent to an activating group) is 1. The minimum atomic E-state index is -0.291. The Morgan fingerprint density at radius 3 is 2.53 bits per heavy atom. The van der Waals surface area contributed by atoms with Crippen LogP contribution >= 0.6 is 0 Å². The molecular formula is C13H24N4O2. The molecule has 1 aromatic heterocycles. The Labute approximate surface area is 114 Å². The fourth-order valence-corrected chi connectivity index (χ4v) is 2.33. The van der Waals surface area contributed by atoms with Gasteiger partial charge in [-0.1, -0.05) is 27.2 Å². The van der Waals surface area contributed by atoms with Gasteiger partial charge in [0, 0.05) is 19.5 Å². The Morgan fingerprint density at radius 1 is 1.47 bits per heavy atom. The van der Waals surface area contributed by atoms with E-state index in [1.165, 1.54) is 0 Å². The SMILES string of the molecule is CCCc1nn(C)c(CC(NC)C(C)C)c1[N+](=O)[O-]. The molecular weight excluding hydrogens is 244 g/mol.